The molecule has 0 aliphatic heterocycles. The zero-order chi connectivity index (χ0) is 17.6. The molecule has 0 aromatic heterocycles. The van der Waals surface area contributed by atoms with Crippen LogP contribution < -0.4 is 0 Å². The van der Waals surface area contributed by atoms with Gasteiger partial charge in [-0.25, -0.2) is 0 Å². The second-order valence-electron chi connectivity index (χ2n) is 6.18. The Morgan fingerprint density at radius 1 is 1.08 bits per heavy atom. The van der Waals surface area contributed by atoms with Crippen molar-refractivity contribution < 1.29 is 4.84 Å². The molecular formula is C20H26N2OS. The van der Waals surface area contributed by atoms with Crippen molar-refractivity contribution in [2.24, 2.45) is 5.16 Å². The molecule has 0 saturated carbocycles. The number of likely N-dealkylation sites (N-methyl/N-ethyl adjacent to an activating group) is 1. The standard InChI is InChI=1S/C20H26N2OS/c1-20(22(2)3,15-16-9-7-6-8-10-16)19(21-23-4)17-11-13-18(24-5)14-12-17/h6-14H,15H2,1-5H3/b21-19+. The summed E-state index contributed by atoms with van der Waals surface area (Å²) in [5.74, 6) is 0. The lowest BCUT2D eigenvalue weighted by Crippen LogP contribution is -2.50. The number of oxime groups is 1. The molecule has 0 spiro atoms. The molecule has 2 rings (SSSR count). The van der Waals surface area contributed by atoms with Crippen LogP contribution in [-0.4, -0.2) is 43.6 Å². The highest BCUT2D eigenvalue weighted by atomic mass is 32.2. The van der Waals surface area contributed by atoms with E-state index in [0.29, 0.717) is 0 Å². The summed E-state index contributed by atoms with van der Waals surface area (Å²) < 4.78 is 0. The second-order valence-corrected chi connectivity index (χ2v) is 7.06. The minimum absolute atomic E-state index is 0.280. The van der Waals surface area contributed by atoms with Gasteiger partial charge in [0.2, 0.25) is 0 Å². The molecular weight excluding hydrogens is 316 g/mol. The predicted octanol–water partition coefficient (Wildman–Crippen LogP) is 4.32. The van der Waals surface area contributed by atoms with Crippen LogP contribution in [0.15, 0.2) is 64.6 Å². The van der Waals surface area contributed by atoms with Gasteiger partial charge in [0.15, 0.2) is 0 Å². The summed E-state index contributed by atoms with van der Waals surface area (Å²) >= 11 is 1.74. The Bertz CT molecular complexity index is 668. The molecule has 128 valence electrons. The summed E-state index contributed by atoms with van der Waals surface area (Å²) in [5.41, 5.74) is 3.02. The maximum Gasteiger partial charge on any atom is 0.107 e. The number of rotatable bonds is 7. The van der Waals surface area contributed by atoms with E-state index in [1.807, 2.05) is 6.07 Å². The van der Waals surface area contributed by atoms with Gasteiger partial charge in [0.25, 0.3) is 0 Å². The van der Waals surface area contributed by atoms with Gasteiger partial charge in [-0.15, -0.1) is 11.8 Å². The minimum Gasteiger partial charge on any atom is -0.399 e. The van der Waals surface area contributed by atoms with Gasteiger partial charge in [0.05, 0.1) is 5.54 Å². The fourth-order valence-corrected chi connectivity index (χ4v) is 3.16. The van der Waals surface area contributed by atoms with E-state index in [9.17, 15) is 0 Å². The molecule has 0 aliphatic rings. The molecule has 0 amide bonds. The Morgan fingerprint density at radius 2 is 1.71 bits per heavy atom. The first-order chi connectivity index (χ1) is 11.5. The maximum atomic E-state index is 5.21. The third-order valence-corrected chi connectivity index (χ3v) is 5.18. The number of hydrogen-bond acceptors (Lipinski definition) is 4. The molecule has 0 saturated heterocycles. The van der Waals surface area contributed by atoms with E-state index in [1.165, 1.54) is 10.5 Å². The number of hydrogen-bond donors (Lipinski definition) is 0. The van der Waals surface area contributed by atoms with Crippen molar-refractivity contribution in [3.8, 4) is 0 Å². The van der Waals surface area contributed by atoms with Crippen molar-refractivity contribution in [3.05, 3.63) is 65.7 Å². The molecule has 0 fully saturated rings. The molecule has 2 aromatic carbocycles. The summed E-state index contributed by atoms with van der Waals surface area (Å²) in [4.78, 5) is 8.65. The summed E-state index contributed by atoms with van der Waals surface area (Å²) in [7, 11) is 5.78. The average molecular weight is 343 g/mol. The molecule has 0 bridgehead atoms. The summed E-state index contributed by atoms with van der Waals surface area (Å²) in [5, 5.41) is 4.41. The van der Waals surface area contributed by atoms with E-state index in [2.05, 4.69) is 85.9 Å². The van der Waals surface area contributed by atoms with E-state index in [4.69, 9.17) is 4.84 Å². The van der Waals surface area contributed by atoms with E-state index in [1.54, 1.807) is 18.9 Å². The van der Waals surface area contributed by atoms with Gasteiger partial charge in [-0.2, -0.15) is 0 Å². The largest absolute Gasteiger partial charge is 0.399 e. The lowest BCUT2D eigenvalue weighted by Gasteiger charge is -2.37. The van der Waals surface area contributed by atoms with E-state index in [-0.39, 0.29) is 5.54 Å². The lowest BCUT2D eigenvalue weighted by atomic mass is 9.83. The van der Waals surface area contributed by atoms with Crippen LogP contribution in [0.25, 0.3) is 0 Å². The highest BCUT2D eigenvalue weighted by Gasteiger charge is 2.35. The van der Waals surface area contributed by atoms with Crippen LogP contribution in [-0.2, 0) is 11.3 Å². The first-order valence-electron chi connectivity index (χ1n) is 7.98. The van der Waals surface area contributed by atoms with Crippen LogP contribution in [0.5, 0.6) is 0 Å². The van der Waals surface area contributed by atoms with Gasteiger partial charge < -0.3 is 4.84 Å². The van der Waals surface area contributed by atoms with Gasteiger partial charge in [-0.05, 0) is 51.4 Å². The Labute approximate surface area is 149 Å². The quantitative estimate of drug-likeness (QED) is 0.425. The molecule has 0 radical (unpaired) electrons. The summed E-state index contributed by atoms with van der Waals surface area (Å²) in [6.07, 6.45) is 2.94. The molecule has 0 aliphatic carbocycles. The average Bonchev–Trinajstić information content (AvgIpc) is 2.60. The maximum absolute atomic E-state index is 5.21. The van der Waals surface area contributed by atoms with Gasteiger partial charge in [-0.1, -0.05) is 47.6 Å². The Morgan fingerprint density at radius 3 is 2.21 bits per heavy atom. The first-order valence-corrected chi connectivity index (χ1v) is 9.21. The Balaban J connectivity index is 2.45. The fourth-order valence-electron chi connectivity index (χ4n) is 2.75. The molecule has 2 aromatic rings. The van der Waals surface area contributed by atoms with E-state index in [0.717, 1.165) is 17.7 Å². The second kappa shape index (κ2) is 8.36. The van der Waals surface area contributed by atoms with Gasteiger partial charge >= 0.3 is 0 Å². The SMILES string of the molecule is CO/N=C(\c1ccc(SC)cc1)C(C)(Cc1ccccc1)N(C)C. The van der Waals surface area contributed by atoms with Crippen LogP contribution in [0.1, 0.15) is 18.1 Å². The Kier molecular flexibility index (Phi) is 6.46. The van der Waals surface area contributed by atoms with E-state index < -0.39 is 0 Å². The lowest BCUT2D eigenvalue weighted by molar-refractivity contribution is 0.195. The number of nitrogens with zero attached hydrogens (tertiary/aromatic N) is 2. The first kappa shape index (κ1) is 18.6. The normalized spacial score (nSPS) is 14.5. The van der Waals surface area contributed by atoms with Crippen LogP contribution in [0.3, 0.4) is 0 Å². The molecule has 0 N–H and O–H groups in total. The Hall–Kier alpha value is -1.78. The van der Waals surface area contributed by atoms with Crippen molar-refractivity contribution in [3.63, 3.8) is 0 Å². The van der Waals surface area contributed by atoms with Crippen molar-refractivity contribution in [1.82, 2.24) is 4.90 Å². The van der Waals surface area contributed by atoms with Crippen molar-refractivity contribution >= 4 is 17.5 Å². The third-order valence-electron chi connectivity index (χ3n) is 4.43. The molecule has 24 heavy (non-hydrogen) atoms. The van der Waals surface area contributed by atoms with Gasteiger partial charge in [0, 0.05) is 10.5 Å². The molecule has 1 atom stereocenters. The van der Waals surface area contributed by atoms with E-state index >= 15 is 0 Å². The number of thioether (sulfide) groups is 1. The summed E-state index contributed by atoms with van der Waals surface area (Å²) in [6, 6.07) is 19.0. The van der Waals surface area contributed by atoms with Crippen LogP contribution in [0.4, 0.5) is 0 Å². The minimum atomic E-state index is -0.280. The van der Waals surface area contributed by atoms with Crippen LogP contribution in [0, 0.1) is 0 Å². The zero-order valence-electron chi connectivity index (χ0n) is 15.1. The predicted molar refractivity (Wildman–Crippen MR) is 104 cm³/mol. The summed E-state index contributed by atoms with van der Waals surface area (Å²) in [6.45, 7) is 2.21. The van der Waals surface area contributed by atoms with Crippen LogP contribution >= 0.6 is 11.8 Å². The van der Waals surface area contributed by atoms with Crippen molar-refractivity contribution in [2.45, 2.75) is 23.8 Å². The van der Waals surface area contributed by atoms with Gasteiger partial charge in [0.1, 0.15) is 12.8 Å². The van der Waals surface area contributed by atoms with Crippen LogP contribution in [0.2, 0.25) is 0 Å². The smallest absolute Gasteiger partial charge is 0.107 e. The van der Waals surface area contributed by atoms with Crippen molar-refractivity contribution in [2.75, 3.05) is 27.5 Å². The monoisotopic (exact) mass is 342 g/mol. The zero-order valence-corrected chi connectivity index (χ0v) is 15.9. The van der Waals surface area contributed by atoms with Crippen molar-refractivity contribution in [1.29, 1.82) is 0 Å². The third kappa shape index (κ3) is 4.19. The molecule has 1 unspecified atom stereocenters. The fraction of sp³-hybridized carbons (Fsp3) is 0.350. The molecule has 0 heterocycles. The molecule has 3 nitrogen and oxygen atoms in total. The highest BCUT2D eigenvalue weighted by molar-refractivity contribution is 7.98. The molecule has 4 heteroatoms. The topological polar surface area (TPSA) is 24.8 Å². The number of benzene rings is 2. The van der Waals surface area contributed by atoms with Gasteiger partial charge in [-0.3, -0.25) is 4.90 Å². The highest BCUT2D eigenvalue weighted by Crippen LogP contribution is 2.26.